The number of aliphatic hydroxyl groups excluding tert-OH is 1. The lowest BCUT2D eigenvalue weighted by molar-refractivity contribution is -0.170. The normalized spacial score (nSPS) is 30.1. The highest BCUT2D eigenvalue weighted by atomic mass is 16.8. The van der Waals surface area contributed by atoms with Crippen molar-refractivity contribution in [3.8, 4) is 0 Å². The molecule has 1 aliphatic carbocycles. The summed E-state index contributed by atoms with van der Waals surface area (Å²) in [6, 6.07) is 10.2. The van der Waals surface area contributed by atoms with Gasteiger partial charge in [-0.3, -0.25) is 0 Å². The van der Waals surface area contributed by atoms with Crippen molar-refractivity contribution in [1.29, 1.82) is 0 Å². The minimum Gasteiger partial charge on any atom is -0.396 e. The van der Waals surface area contributed by atoms with E-state index in [1.807, 2.05) is 18.2 Å². The van der Waals surface area contributed by atoms with Crippen molar-refractivity contribution < 1.29 is 14.6 Å². The summed E-state index contributed by atoms with van der Waals surface area (Å²) in [5.74, 6) is -0.375. The maximum atomic E-state index is 9.19. The van der Waals surface area contributed by atoms with Crippen LogP contribution < -0.4 is 0 Å². The third kappa shape index (κ3) is 2.18. The van der Waals surface area contributed by atoms with Crippen molar-refractivity contribution in [3.63, 3.8) is 0 Å². The van der Waals surface area contributed by atoms with Crippen LogP contribution in [0.1, 0.15) is 43.8 Å². The second kappa shape index (κ2) is 5.00. The number of aliphatic hydroxyl groups is 1. The second-order valence-electron chi connectivity index (χ2n) is 5.24. The molecule has 1 aliphatic heterocycles. The van der Waals surface area contributed by atoms with Crippen LogP contribution in [0.15, 0.2) is 30.3 Å². The molecular formula is C15H20O3. The predicted octanol–water partition coefficient (Wildman–Crippen LogP) is 2.80. The number of hydrogen-bond donors (Lipinski definition) is 1. The Labute approximate surface area is 108 Å². The largest absolute Gasteiger partial charge is 0.396 e. The Hall–Kier alpha value is -0.900. The van der Waals surface area contributed by atoms with Gasteiger partial charge in [-0.2, -0.15) is 0 Å². The van der Waals surface area contributed by atoms with E-state index < -0.39 is 0 Å². The molecule has 0 unspecified atom stereocenters. The van der Waals surface area contributed by atoms with Crippen LogP contribution in [0.4, 0.5) is 0 Å². The summed E-state index contributed by atoms with van der Waals surface area (Å²) in [6.45, 7) is 0.146. The molecule has 98 valence electrons. The van der Waals surface area contributed by atoms with E-state index >= 15 is 0 Å². The standard InChI is InChI=1S/C15H20O3/c16-11-8-13-14(12-6-2-1-3-7-12)18-15(17-13)9-4-5-10-15/h1-3,6-7,13-14,16H,4-5,8-11H2/t13-,14-/m1/s1. The summed E-state index contributed by atoms with van der Waals surface area (Å²) in [6.07, 6.45) is 4.91. The van der Waals surface area contributed by atoms with Crippen molar-refractivity contribution in [3.05, 3.63) is 35.9 Å². The number of hydrogen-bond acceptors (Lipinski definition) is 3. The zero-order chi connectivity index (χ0) is 12.4. The summed E-state index contributed by atoms with van der Waals surface area (Å²) >= 11 is 0. The van der Waals surface area contributed by atoms with Crippen LogP contribution >= 0.6 is 0 Å². The molecule has 1 N–H and O–H groups in total. The van der Waals surface area contributed by atoms with Gasteiger partial charge in [0.2, 0.25) is 0 Å². The van der Waals surface area contributed by atoms with Gasteiger partial charge in [0, 0.05) is 19.4 Å². The van der Waals surface area contributed by atoms with Crippen LogP contribution in [-0.2, 0) is 9.47 Å². The van der Waals surface area contributed by atoms with E-state index in [9.17, 15) is 5.11 Å². The van der Waals surface area contributed by atoms with E-state index in [1.54, 1.807) is 0 Å². The fourth-order valence-corrected chi connectivity index (χ4v) is 3.09. The second-order valence-corrected chi connectivity index (χ2v) is 5.24. The van der Waals surface area contributed by atoms with E-state index in [0.717, 1.165) is 18.4 Å². The highest BCUT2D eigenvalue weighted by molar-refractivity contribution is 5.20. The van der Waals surface area contributed by atoms with Gasteiger partial charge in [0.1, 0.15) is 6.10 Å². The molecule has 3 heteroatoms. The summed E-state index contributed by atoms with van der Waals surface area (Å²) in [5, 5.41) is 9.19. The molecule has 0 aromatic heterocycles. The lowest BCUT2D eigenvalue weighted by Crippen LogP contribution is -2.26. The van der Waals surface area contributed by atoms with Crippen LogP contribution in [0.2, 0.25) is 0 Å². The molecule has 2 fully saturated rings. The van der Waals surface area contributed by atoms with Gasteiger partial charge in [0.15, 0.2) is 5.79 Å². The zero-order valence-electron chi connectivity index (χ0n) is 10.5. The molecule has 3 rings (SSSR count). The first-order valence-corrected chi connectivity index (χ1v) is 6.84. The van der Waals surface area contributed by atoms with Crippen molar-refractivity contribution in [2.24, 2.45) is 0 Å². The Morgan fingerprint density at radius 2 is 1.83 bits per heavy atom. The Bertz CT molecular complexity index is 384. The molecule has 0 amide bonds. The highest BCUT2D eigenvalue weighted by Gasteiger charge is 2.49. The lowest BCUT2D eigenvalue weighted by atomic mass is 10.0. The van der Waals surface area contributed by atoms with E-state index in [2.05, 4.69) is 12.1 Å². The Morgan fingerprint density at radius 1 is 1.11 bits per heavy atom. The zero-order valence-corrected chi connectivity index (χ0v) is 10.5. The van der Waals surface area contributed by atoms with Crippen molar-refractivity contribution in [1.82, 2.24) is 0 Å². The fourth-order valence-electron chi connectivity index (χ4n) is 3.09. The number of ether oxygens (including phenoxy) is 2. The van der Waals surface area contributed by atoms with Gasteiger partial charge >= 0.3 is 0 Å². The molecule has 3 nitrogen and oxygen atoms in total. The van der Waals surface area contributed by atoms with Crippen LogP contribution in [0.25, 0.3) is 0 Å². The van der Waals surface area contributed by atoms with Crippen molar-refractivity contribution in [2.45, 2.75) is 50.1 Å². The average Bonchev–Trinajstić information content (AvgIpc) is 3.00. The minimum absolute atomic E-state index is 0.0181. The average molecular weight is 248 g/mol. The van der Waals surface area contributed by atoms with Crippen LogP contribution in [-0.4, -0.2) is 23.6 Å². The first-order chi connectivity index (χ1) is 8.83. The van der Waals surface area contributed by atoms with Gasteiger partial charge in [-0.1, -0.05) is 30.3 Å². The molecule has 1 saturated heterocycles. The first kappa shape index (κ1) is 12.2. The first-order valence-electron chi connectivity index (χ1n) is 6.84. The van der Waals surface area contributed by atoms with Crippen LogP contribution in [0.3, 0.4) is 0 Å². The van der Waals surface area contributed by atoms with E-state index in [4.69, 9.17) is 9.47 Å². The molecule has 2 aliphatic rings. The third-order valence-electron chi connectivity index (χ3n) is 3.95. The molecule has 1 aromatic carbocycles. The molecular weight excluding hydrogens is 228 g/mol. The summed E-state index contributed by atoms with van der Waals surface area (Å²) in [7, 11) is 0. The quantitative estimate of drug-likeness (QED) is 0.894. The van der Waals surface area contributed by atoms with E-state index in [1.165, 1.54) is 12.8 Å². The van der Waals surface area contributed by atoms with Gasteiger partial charge in [0.05, 0.1) is 6.10 Å². The molecule has 1 saturated carbocycles. The smallest absolute Gasteiger partial charge is 0.169 e. The van der Waals surface area contributed by atoms with Crippen molar-refractivity contribution in [2.75, 3.05) is 6.61 Å². The summed E-state index contributed by atoms with van der Waals surface area (Å²) < 4.78 is 12.4. The molecule has 1 aromatic rings. The molecule has 0 radical (unpaired) electrons. The molecule has 2 atom stereocenters. The van der Waals surface area contributed by atoms with Crippen molar-refractivity contribution >= 4 is 0 Å². The van der Waals surface area contributed by atoms with Crippen LogP contribution in [0, 0.1) is 0 Å². The Kier molecular flexibility index (Phi) is 3.37. The van der Waals surface area contributed by atoms with Gasteiger partial charge < -0.3 is 14.6 Å². The predicted molar refractivity (Wildman–Crippen MR) is 68.0 cm³/mol. The van der Waals surface area contributed by atoms with Crippen LogP contribution in [0.5, 0.6) is 0 Å². The maximum Gasteiger partial charge on any atom is 0.169 e. The summed E-state index contributed by atoms with van der Waals surface area (Å²) in [4.78, 5) is 0. The molecule has 0 bridgehead atoms. The Morgan fingerprint density at radius 3 is 2.50 bits per heavy atom. The third-order valence-corrected chi connectivity index (χ3v) is 3.95. The maximum absolute atomic E-state index is 9.19. The monoisotopic (exact) mass is 248 g/mol. The van der Waals surface area contributed by atoms with Gasteiger partial charge in [-0.15, -0.1) is 0 Å². The molecule has 18 heavy (non-hydrogen) atoms. The van der Waals surface area contributed by atoms with Gasteiger partial charge in [-0.25, -0.2) is 0 Å². The Balaban J connectivity index is 1.83. The summed E-state index contributed by atoms with van der Waals surface area (Å²) in [5.41, 5.74) is 1.15. The minimum atomic E-state index is -0.375. The SMILES string of the molecule is OCC[C@H]1OC2(CCCC2)O[C@@H]1c1ccccc1. The van der Waals surface area contributed by atoms with E-state index in [0.29, 0.717) is 6.42 Å². The van der Waals surface area contributed by atoms with E-state index in [-0.39, 0.29) is 24.6 Å². The highest BCUT2D eigenvalue weighted by Crippen LogP contribution is 2.47. The lowest BCUT2D eigenvalue weighted by Gasteiger charge is -2.22. The number of rotatable bonds is 3. The molecule has 1 spiro atoms. The molecule has 1 heterocycles. The fraction of sp³-hybridized carbons (Fsp3) is 0.600. The number of benzene rings is 1. The van der Waals surface area contributed by atoms with Gasteiger partial charge in [0.25, 0.3) is 0 Å². The van der Waals surface area contributed by atoms with Gasteiger partial charge in [-0.05, 0) is 24.8 Å². The topological polar surface area (TPSA) is 38.7 Å².